The summed E-state index contributed by atoms with van der Waals surface area (Å²) in [5, 5.41) is 17.2. The van der Waals surface area contributed by atoms with E-state index in [-0.39, 0.29) is 0 Å². The predicted molar refractivity (Wildman–Crippen MR) is 560 cm³/mol. The highest BCUT2D eigenvalue weighted by atomic mass is 32.1. The van der Waals surface area contributed by atoms with Gasteiger partial charge in [-0.25, -0.2) is 59.8 Å². The minimum absolute atomic E-state index is 0.591. The highest BCUT2D eigenvalue weighted by Gasteiger charge is 2.30. The van der Waals surface area contributed by atoms with Crippen LogP contribution in [0.5, 0.6) is 0 Å². The molecule has 14 aromatic heterocycles. The van der Waals surface area contributed by atoms with Crippen molar-refractivity contribution in [3.05, 3.63) is 394 Å². The zero-order valence-electron chi connectivity index (χ0n) is 73.0. The zero-order chi connectivity index (χ0) is 90.1. The van der Waals surface area contributed by atoms with E-state index in [2.05, 4.69) is 189 Å². The molecule has 0 bridgehead atoms. The van der Waals surface area contributed by atoms with Crippen molar-refractivity contribution in [2.45, 2.75) is 0 Å². The number of hydrogen-bond acceptors (Lipinski definition) is 15. The minimum Gasteiger partial charge on any atom is -0.456 e. The molecule has 0 saturated heterocycles. The SMILES string of the molecule is c1ccc(-c2cc3c4cc5c(cc4n4c6nc7ccccc7nc6c(c2)c34)sc2ccccc25)cc1.c1ccc(-c2nc(-c3ccccc3)nc(-c3cc4c5nc6ccccc6nc5n5c6ccc7oc8ccccc8c7c6c(c3)c45)n2)cc1.c1ccc(-c2nc(-c3ccccc3)nc(-c3cccc(-c4cc5c6nc7ccccc7nc6n6c7ccc8oc9ccccc9c8c7c(c4)c56)c3)n2)cc1. The number of furan rings is 2. The van der Waals surface area contributed by atoms with Gasteiger partial charge in [-0.1, -0.05) is 261 Å². The van der Waals surface area contributed by atoms with Gasteiger partial charge in [-0.3, -0.25) is 13.2 Å². The van der Waals surface area contributed by atoms with Crippen molar-refractivity contribution in [1.29, 1.82) is 0 Å². The van der Waals surface area contributed by atoms with Gasteiger partial charge < -0.3 is 8.83 Å². The van der Waals surface area contributed by atoms with Crippen LogP contribution in [0, 0.1) is 0 Å². The Morgan fingerprint density at radius 2 is 0.507 bits per heavy atom. The smallest absolute Gasteiger partial charge is 0.165 e. The third-order valence-electron chi connectivity index (χ3n) is 27.4. The highest BCUT2D eigenvalue weighted by Crippen LogP contribution is 2.51. The maximum Gasteiger partial charge on any atom is 0.165 e. The van der Waals surface area contributed by atoms with Gasteiger partial charge in [-0.05, 0) is 156 Å². The van der Waals surface area contributed by atoms with Gasteiger partial charge in [0.15, 0.2) is 51.9 Å². The van der Waals surface area contributed by atoms with Crippen LogP contribution in [0.4, 0.5) is 0 Å². The molecule has 0 spiro atoms. The lowest BCUT2D eigenvalue weighted by molar-refractivity contribution is 0.669. The quantitative estimate of drug-likeness (QED) is 0.139. The Kier molecular flexibility index (Phi) is 16.1. The van der Waals surface area contributed by atoms with Gasteiger partial charge in [-0.15, -0.1) is 11.3 Å². The van der Waals surface area contributed by atoms with Crippen LogP contribution in [-0.2, 0) is 0 Å². The van der Waals surface area contributed by atoms with Gasteiger partial charge in [0.25, 0.3) is 0 Å². The first-order valence-corrected chi connectivity index (χ1v) is 46.7. The maximum atomic E-state index is 6.40. The van der Waals surface area contributed by atoms with Crippen LogP contribution in [-0.4, -0.2) is 73.0 Å². The van der Waals surface area contributed by atoms with E-state index in [0.717, 1.165) is 215 Å². The second-order valence-electron chi connectivity index (χ2n) is 35.3. The molecule has 0 amide bonds. The molecule has 0 atom stereocenters. The number of rotatable bonds is 8. The molecular formula is C120H65N15O2S. The summed E-state index contributed by atoms with van der Waals surface area (Å²) in [6.07, 6.45) is 0. The molecular weight excluding hydrogens is 1720 g/mol. The van der Waals surface area contributed by atoms with Gasteiger partial charge in [0, 0.05) is 124 Å². The summed E-state index contributed by atoms with van der Waals surface area (Å²) in [4.78, 5) is 61.2. The lowest BCUT2D eigenvalue weighted by atomic mass is 9.97. The van der Waals surface area contributed by atoms with Crippen molar-refractivity contribution in [3.8, 4) is 90.6 Å². The molecule has 0 aliphatic rings. The van der Waals surface area contributed by atoms with Crippen LogP contribution in [0.15, 0.2) is 403 Å². The number of fused-ring (bicyclic) bond motifs is 32. The third-order valence-corrected chi connectivity index (χ3v) is 28.5. The van der Waals surface area contributed by atoms with Crippen molar-refractivity contribution < 1.29 is 8.83 Å². The van der Waals surface area contributed by atoms with Gasteiger partial charge in [0.1, 0.15) is 38.9 Å². The first kappa shape index (κ1) is 75.8. The molecule has 0 unspecified atom stereocenters. The van der Waals surface area contributed by atoms with E-state index in [9.17, 15) is 0 Å². The molecule has 0 N–H and O–H groups in total. The number of hydrogen-bond donors (Lipinski definition) is 0. The molecule has 638 valence electrons. The van der Waals surface area contributed by atoms with Crippen molar-refractivity contribution in [2.24, 2.45) is 0 Å². The van der Waals surface area contributed by atoms with Crippen molar-refractivity contribution in [2.75, 3.05) is 0 Å². The number of nitrogens with zero attached hydrogens (tertiary/aromatic N) is 15. The largest absolute Gasteiger partial charge is 0.456 e. The third kappa shape index (κ3) is 11.5. The normalized spacial score (nSPS) is 12.2. The van der Waals surface area contributed by atoms with Crippen molar-refractivity contribution in [3.63, 3.8) is 0 Å². The van der Waals surface area contributed by atoms with Gasteiger partial charge in [0.2, 0.25) is 0 Å². The lowest BCUT2D eigenvalue weighted by Crippen LogP contribution is -2.00. The summed E-state index contributed by atoms with van der Waals surface area (Å²) in [6.45, 7) is 0. The van der Waals surface area contributed by atoms with E-state index in [1.165, 1.54) is 53.1 Å². The zero-order valence-corrected chi connectivity index (χ0v) is 73.8. The second-order valence-corrected chi connectivity index (χ2v) is 36.4. The Morgan fingerprint density at radius 1 is 0.174 bits per heavy atom. The van der Waals surface area contributed by atoms with E-state index < -0.39 is 0 Å². The average Bonchev–Trinajstić information content (AvgIpc) is 1.52. The van der Waals surface area contributed by atoms with Gasteiger partial charge in [0.05, 0.1) is 66.2 Å². The molecule has 32 rings (SSSR count). The Morgan fingerprint density at radius 3 is 0.971 bits per heavy atom. The van der Waals surface area contributed by atoms with Crippen LogP contribution in [0.25, 0.3) is 303 Å². The predicted octanol–water partition coefficient (Wildman–Crippen LogP) is 30.2. The molecule has 138 heavy (non-hydrogen) atoms. The summed E-state index contributed by atoms with van der Waals surface area (Å²) in [6, 6.07) is 136. The Hall–Kier alpha value is -18.8. The topological polar surface area (TPSA) is 194 Å². The monoisotopic (exact) mass is 1780 g/mol. The van der Waals surface area contributed by atoms with E-state index in [4.69, 9.17) is 68.6 Å². The number of thiophene rings is 1. The van der Waals surface area contributed by atoms with Crippen LogP contribution in [0.3, 0.4) is 0 Å². The van der Waals surface area contributed by atoms with E-state index in [0.29, 0.717) is 34.9 Å². The Bertz CT molecular complexity index is 10600. The number of benzene rings is 18. The van der Waals surface area contributed by atoms with Crippen LogP contribution >= 0.6 is 11.3 Å². The van der Waals surface area contributed by atoms with Crippen molar-refractivity contribution >= 4 is 224 Å². The first-order chi connectivity index (χ1) is 68.4. The van der Waals surface area contributed by atoms with Gasteiger partial charge in [-0.2, -0.15) is 0 Å². The van der Waals surface area contributed by atoms with Crippen LogP contribution < -0.4 is 0 Å². The fraction of sp³-hybridized carbons (Fsp3) is 0. The highest BCUT2D eigenvalue weighted by molar-refractivity contribution is 7.25. The molecule has 18 aromatic carbocycles. The lowest BCUT2D eigenvalue weighted by Gasteiger charge is -2.10. The summed E-state index contributed by atoms with van der Waals surface area (Å²) in [5.41, 5.74) is 30.7. The van der Waals surface area contributed by atoms with E-state index in [1.807, 2.05) is 230 Å². The summed E-state index contributed by atoms with van der Waals surface area (Å²) >= 11 is 1.86. The molecule has 17 nitrogen and oxygen atoms in total. The number of para-hydroxylation sites is 8. The Balaban J connectivity index is 0.0000000996. The van der Waals surface area contributed by atoms with Crippen LogP contribution in [0.2, 0.25) is 0 Å². The number of aromatic nitrogens is 15. The van der Waals surface area contributed by atoms with Crippen molar-refractivity contribution in [1.82, 2.24) is 73.0 Å². The summed E-state index contributed by atoms with van der Waals surface area (Å²) < 4.78 is 22.3. The minimum atomic E-state index is 0.591. The second kappa shape index (κ2) is 29.4. The summed E-state index contributed by atoms with van der Waals surface area (Å²) in [7, 11) is 0. The van der Waals surface area contributed by atoms with Crippen LogP contribution in [0.1, 0.15) is 0 Å². The molecule has 18 heteroatoms. The van der Waals surface area contributed by atoms with Gasteiger partial charge >= 0.3 is 0 Å². The molecule has 0 fully saturated rings. The molecule has 0 radical (unpaired) electrons. The standard InChI is InChI=1S/C47H26N6O.C41H22N6O.C32H17N3S/c1-3-12-27(13-4-1)44-50-45(28-14-5-2-6-15-28)52-46(51-44)30-17-11-16-29(24-30)31-25-33-40-37(22-23-39-41(40)32-18-7-10-21-38(32)54-39)53-43(33)34(26-31)42-47(53)49-36-20-9-8-19-35(36)48-42;1-3-11-23(12-4-1)38-44-39(24-13-5-2-6-14-24)46-40(45-38)25-21-27-34-31(19-20-33-35(34)26-15-7-10-18-32(26)48-33)47-37(27)28(22-25)36-41(47)43-30-17-9-8-16-29(30)42-36;1-2-8-18(9-3-1)19-14-23-21-16-22-20-10-4-7-13-28(20)36-29(22)17-27(21)35-31(23)24(15-19)30-32(35)34-26-12-6-5-11-25(26)33-30/h1-26H;1-22H;1-17H. The molecule has 0 saturated carbocycles. The maximum absolute atomic E-state index is 6.40. The fourth-order valence-corrected chi connectivity index (χ4v) is 22.4. The Labute approximate surface area is 784 Å². The molecule has 32 aromatic rings. The molecule has 0 aliphatic heterocycles. The molecule has 0 aliphatic carbocycles. The van der Waals surface area contributed by atoms with E-state index >= 15 is 0 Å². The average molecular weight is 1780 g/mol. The summed E-state index contributed by atoms with van der Waals surface area (Å²) in [5.74, 6) is 3.70. The fourth-order valence-electron chi connectivity index (χ4n) is 21.3. The first-order valence-electron chi connectivity index (χ1n) is 45.9. The van der Waals surface area contributed by atoms with E-state index in [1.54, 1.807) is 0 Å². The molecule has 14 heterocycles.